The van der Waals surface area contributed by atoms with E-state index < -0.39 is 28.2 Å². The van der Waals surface area contributed by atoms with Crippen molar-refractivity contribution in [1.82, 2.24) is 10.2 Å². The zero-order valence-electron chi connectivity index (χ0n) is 13.5. The minimum atomic E-state index is -1.43. The number of fused-ring (bicyclic) bond motifs is 4. The highest BCUT2D eigenvalue weighted by atomic mass is 16.6. The summed E-state index contributed by atoms with van der Waals surface area (Å²) in [6.07, 6.45) is 1.51. The van der Waals surface area contributed by atoms with Gasteiger partial charge >= 0.3 is 6.03 Å². The third-order valence-corrected chi connectivity index (χ3v) is 5.49. The highest BCUT2D eigenvalue weighted by Gasteiger charge is 2.62. The number of carbonyl (C=O) groups excluding carboxylic acids is 3. The molecule has 0 bridgehead atoms. The van der Waals surface area contributed by atoms with Crippen LogP contribution in [0.3, 0.4) is 0 Å². The number of anilines is 1. The van der Waals surface area contributed by atoms with Gasteiger partial charge in [-0.3, -0.25) is 29.9 Å². The SMILES string of the molecule is CN1C(=O)NC(=O)[C@]2(Cc3cc([N+](=O)[O-])ccc3N3CCC[C@@H]32)C1=O. The van der Waals surface area contributed by atoms with Gasteiger partial charge in [0.05, 0.1) is 11.0 Å². The van der Waals surface area contributed by atoms with E-state index in [-0.39, 0.29) is 18.2 Å². The highest BCUT2D eigenvalue weighted by Crippen LogP contribution is 2.48. The summed E-state index contributed by atoms with van der Waals surface area (Å²) >= 11 is 0. The molecular weight excluding hydrogens is 328 g/mol. The molecule has 3 aliphatic rings. The third-order valence-electron chi connectivity index (χ3n) is 5.49. The normalized spacial score (nSPS) is 28.0. The maximum absolute atomic E-state index is 13.0. The Labute approximate surface area is 142 Å². The molecule has 0 aliphatic carbocycles. The molecule has 0 saturated carbocycles. The summed E-state index contributed by atoms with van der Waals surface area (Å²) < 4.78 is 0. The smallest absolute Gasteiger partial charge is 0.330 e. The Kier molecular flexibility index (Phi) is 3.12. The minimum Gasteiger partial charge on any atom is -0.367 e. The third kappa shape index (κ3) is 1.92. The summed E-state index contributed by atoms with van der Waals surface area (Å²) in [4.78, 5) is 51.0. The molecular formula is C16H16N4O5. The fraction of sp³-hybridized carbons (Fsp3) is 0.438. The molecule has 1 aromatic rings. The molecule has 2 saturated heterocycles. The van der Waals surface area contributed by atoms with E-state index in [9.17, 15) is 24.5 Å². The van der Waals surface area contributed by atoms with Crippen LogP contribution in [0.25, 0.3) is 0 Å². The first-order valence-corrected chi connectivity index (χ1v) is 8.04. The number of urea groups is 1. The number of nitrogens with zero attached hydrogens (tertiary/aromatic N) is 3. The Morgan fingerprint density at radius 2 is 2.08 bits per heavy atom. The number of hydrogen-bond donors (Lipinski definition) is 1. The van der Waals surface area contributed by atoms with Crippen LogP contribution in [0.1, 0.15) is 18.4 Å². The second kappa shape index (κ2) is 5.01. The Bertz CT molecular complexity index is 838. The lowest BCUT2D eigenvalue weighted by Gasteiger charge is -2.48. The van der Waals surface area contributed by atoms with Gasteiger partial charge in [0.25, 0.3) is 5.69 Å². The number of rotatable bonds is 1. The molecule has 3 aliphatic heterocycles. The number of non-ortho nitro benzene ring substituents is 1. The van der Waals surface area contributed by atoms with Crippen LogP contribution < -0.4 is 10.2 Å². The van der Waals surface area contributed by atoms with Crippen molar-refractivity contribution < 1.29 is 19.3 Å². The lowest BCUT2D eigenvalue weighted by molar-refractivity contribution is -0.384. The quantitative estimate of drug-likeness (QED) is 0.458. The van der Waals surface area contributed by atoms with Crippen molar-refractivity contribution in [3.8, 4) is 0 Å². The van der Waals surface area contributed by atoms with Crippen molar-refractivity contribution >= 4 is 29.2 Å². The second-order valence-corrected chi connectivity index (χ2v) is 6.69. The molecule has 2 atom stereocenters. The monoisotopic (exact) mass is 344 g/mol. The summed E-state index contributed by atoms with van der Waals surface area (Å²) in [5.74, 6) is -1.16. The number of imide groups is 2. The van der Waals surface area contributed by atoms with E-state index in [2.05, 4.69) is 5.32 Å². The Balaban J connectivity index is 1.89. The van der Waals surface area contributed by atoms with Crippen LogP contribution in [0.5, 0.6) is 0 Å². The topological polar surface area (TPSA) is 113 Å². The van der Waals surface area contributed by atoms with Crippen LogP contribution >= 0.6 is 0 Å². The number of hydrogen-bond acceptors (Lipinski definition) is 6. The molecule has 9 nitrogen and oxygen atoms in total. The molecule has 4 amide bonds. The molecule has 4 rings (SSSR count). The molecule has 25 heavy (non-hydrogen) atoms. The zero-order chi connectivity index (χ0) is 17.9. The van der Waals surface area contributed by atoms with Crippen molar-refractivity contribution in [1.29, 1.82) is 0 Å². The number of amides is 4. The molecule has 2 fully saturated rings. The number of nitrogens with one attached hydrogen (secondary N) is 1. The van der Waals surface area contributed by atoms with Crippen LogP contribution in [0.15, 0.2) is 18.2 Å². The Hall–Kier alpha value is -2.97. The number of nitro groups is 1. The largest absolute Gasteiger partial charge is 0.367 e. The average Bonchev–Trinajstić information content (AvgIpc) is 3.08. The lowest BCUT2D eigenvalue weighted by Crippen LogP contribution is -2.70. The van der Waals surface area contributed by atoms with Gasteiger partial charge < -0.3 is 4.90 Å². The van der Waals surface area contributed by atoms with Crippen LogP contribution in [0.4, 0.5) is 16.2 Å². The molecule has 0 unspecified atom stereocenters. The predicted octanol–water partition coefficient (Wildman–Crippen LogP) is 0.814. The van der Waals surface area contributed by atoms with Crippen molar-refractivity contribution in [3.05, 3.63) is 33.9 Å². The van der Waals surface area contributed by atoms with E-state index in [0.717, 1.165) is 17.0 Å². The maximum Gasteiger partial charge on any atom is 0.330 e. The van der Waals surface area contributed by atoms with Crippen LogP contribution in [-0.2, 0) is 16.0 Å². The zero-order valence-corrected chi connectivity index (χ0v) is 13.5. The summed E-state index contributed by atoms with van der Waals surface area (Å²) in [5, 5.41) is 13.4. The van der Waals surface area contributed by atoms with Gasteiger partial charge in [-0.2, -0.15) is 0 Å². The molecule has 3 heterocycles. The Morgan fingerprint density at radius 3 is 2.80 bits per heavy atom. The summed E-state index contributed by atoms with van der Waals surface area (Å²) in [6, 6.07) is 3.44. The van der Waals surface area contributed by atoms with Crippen LogP contribution in [0, 0.1) is 15.5 Å². The fourth-order valence-corrected chi connectivity index (χ4v) is 4.32. The van der Waals surface area contributed by atoms with E-state index in [1.165, 1.54) is 19.2 Å². The van der Waals surface area contributed by atoms with Gasteiger partial charge in [-0.25, -0.2) is 4.79 Å². The van der Waals surface area contributed by atoms with E-state index in [4.69, 9.17) is 0 Å². The highest BCUT2D eigenvalue weighted by molar-refractivity contribution is 6.20. The first kappa shape index (κ1) is 15.6. The van der Waals surface area contributed by atoms with Gasteiger partial charge in [0, 0.05) is 37.8 Å². The number of carbonyl (C=O) groups is 3. The molecule has 0 aromatic heterocycles. The number of nitro benzene ring substituents is 1. The van der Waals surface area contributed by atoms with Gasteiger partial charge in [-0.05, 0) is 24.5 Å². The average molecular weight is 344 g/mol. The predicted molar refractivity (Wildman–Crippen MR) is 85.9 cm³/mol. The molecule has 1 aromatic carbocycles. The molecule has 1 spiro atoms. The molecule has 9 heteroatoms. The van der Waals surface area contributed by atoms with Crippen LogP contribution in [-0.4, -0.2) is 47.3 Å². The van der Waals surface area contributed by atoms with E-state index >= 15 is 0 Å². The van der Waals surface area contributed by atoms with Gasteiger partial charge in [0.15, 0.2) is 5.41 Å². The van der Waals surface area contributed by atoms with E-state index in [0.29, 0.717) is 18.5 Å². The summed E-state index contributed by atoms with van der Waals surface area (Å²) in [7, 11) is 1.34. The van der Waals surface area contributed by atoms with Crippen molar-refractivity contribution in [2.45, 2.75) is 25.3 Å². The Morgan fingerprint density at radius 1 is 1.32 bits per heavy atom. The second-order valence-electron chi connectivity index (χ2n) is 6.69. The first-order valence-electron chi connectivity index (χ1n) is 8.04. The molecule has 130 valence electrons. The molecule has 0 radical (unpaired) electrons. The van der Waals surface area contributed by atoms with Crippen molar-refractivity contribution in [3.63, 3.8) is 0 Å². The number of benzene rings is 1. The summed E-state index contributed by atoms with van der Waals surface area (Å²) in [6.45, 7) is 0.662. The maximum atomic E-state index is 13.0. The van der Waals surface area contributed by atoms with Crippen molar-refractivity contribution in [2.75, 3.05) is 18.5 Å². The standard InChI is InChI=1S/C16H16N4O5/c1-18-14(22)16(13(21)17-15(18)23)8-9-7-10(20(24)25)4-5-11(9)19-6-2-3-12(16)19/h4-5,7,12H,2-3,6,8H2,1H3,(H,17,21,23)/t12-,16-/m1/s1. The van der Waals surface area contributed by atoms with Crippen molar-refractivity contribution in [2.24, 2.45) is 5.41 Å². The van der Waals surface area contributed by atoms with Gasteiger partial charge in [0.2, 0.25) is 11.8 Å². The fourth-order valence-electron chi connectivity index (χ4n) is 4.32. The van der Waals surface area contributed by atoms with Gasteiger partial charge in [-0.1, -0.05) is 0 Å². The first-order chi connectivity index (χ1) is 11.9. The summed E-state index contributed by atoms with van der Waals surface area (Å²) in [5.41, 5.74) is -0.112. The van der Waals surface area contributed by atoms with E-state index in [1.807, 2.05) is 4.90 Å². The van der Waals surface area contributed by atoms with Gasteiger partial charge in [-0.15, -0.1) is 0 Å². The van der Waals surface area contributed by atoms with E-state index in [1.54, 1.807) is 6.07 Å². The minimum absolute atomic E-state index is 0.0491. The lowest BCUT2D eigenvalue weighted by atomic mass is 9.68. The number of barbiturate groups is 1. The molecule has 1 N–H and O–H groups in total. The van der Waals surface area contributed by atoms with Gasteiger partial charge in [0.1, 0.15) is 0 Å². The van der Waals surface area contributed by atoms with Crippen LogP contribution in [0.2, 0.25) is 0 Å².